The van der Waals surface area contributed by atoms with Gasteiger partial charge in [0, 0.05) is 11.8 Å². The zero-order valence-corrected chi connectivity index (χ0v) is 15.7. The first kappa shape index (κ1) is 18.9. The summed E-state index contributed by atoms with van der Waals surface area (Å²) in [7, 11) is 0. The van der Waals surface area contributed by atoms with Gasteiger partial charge in [0.15, 0.2) is 4.32 Å². The van der Waals surface area contributed by atoms with Gasteiger partial charge in [-0.25, -0.2) is 0 Å². The number of nitro groups is 1. The summed E-state index contributed by atoms with van der Waals surface area (Å²) in [5, 5.41) is 23.2. The number of carbonyl (C=O) groups excluding carboxylic acids is 1. The first-order valence-corrected chi connectivity index (χ1v) is 9.10. The quantitative estimate of drug-likeness (QED) is 0.328. The fourth-order valence-electron chi connectivity index (χ4n) is 2.51. The van der Waals surface area contributed by atoms with Gasteiger partial charge in [-0.3, -0.25) is 19.8 Å². The van der Waals surface area contributed by atoms with Crippen molar-refractivity contribution in [3.05, 3.63) is 63.0 Å². The predicted octanol–water partition coefficient (Wildman–Crippen LogP) is 3.47. The van der Waals surface area contributed by atoms with Crippen LogP contribution in [0.4, 0.5) is 11.4 Å². The summed E-state index contributed by atoms with van der Waals surface area (Å²) < 4.78 is 5.56. The molecular weight excluding hydrogens is 388 g/mol. The largest absolute Gasteiger partial charge is 0.865 e. The minimum atomic E-state index is -0.796. The topological polar surface area (TPSA) is 95.7 Å². The number of para-hydroxylation sites is 1. The van der Waals surface area contributed by atoms with Crippen LogP contribution >= 0.6 is 24.0 Å². The number of rotatable bonds is 5. The molecule has 7 nitrogen and oxygen atoms in total. The van der Waals surface area contributed by atoms with Gasteiger partial charge in [-0.1, -0.05) is 42.2 Å². The summed E-state index contributed by atoms with van der Waals surface area (Å²) >= 11 is 6.38. The molecule has 0 N–H and O–H groups in total. The summed E-state index contributed by atoms with van der Waals surface area (Å²) in [5.41, 5.74) is 0.350. The maximum absolute atomic E-state index is 12.7. The Morgan fingerprint density at radius 2 is 2.00 bits per heavy atom. The second kappa shape index (κ2) is 7.77. The molecule has 0 atom stereocenters. The van der Waals surface area contributed by atoms with Crippen molar-refractivity contribution >= 4 is 51.7 Å². The molecule has 1 heterocycles. The second-order valence-corrected chi connectivity index (χ2v) is 7.09. The van der Waals surface area contributed by atoms with Crippen molar-refractivity contribution in [1.82, 2.24) is 0 Å². The highest BCUT2D eigenvalue weighted by molar-refractivity contribution is 8.27. The molecule has 9 heteroatoms. The molecule has 1 saturated heterocycles. The number of benzene rings is 2. The standard InChI is InChI=1S/C18H14N2O5S2/c1-2-25-14-9-11(8-13(16(14)21)20(23)24)10-15-17(22)19(18(26)27-15)12-6-4-3-5-7-12/h3-10,21H,2H2,1H3/p-1/b15-10+. The van der Waals surface area contributed by atoms with Crippen LogP contribution in [0.5, 0.6) is 11.5 Å². The van der Waals surface area contributed by atoms with E-state index in [-0.39, 0.29) is 18.3 Å². The minimum Gasteiger partial charge on any atom is -0.865 e. The fraction of sp³-hybridized carbons (Fsp3) is 0.111. The number of amides is 1. The molecule has 0 unspecified atom stereocenters. The highest BCUT2D eigenvalue weighted by Crippen LogP contribution is 2.39. The third-order valence-corrected chi connectivity index (χ3v) is 4.96. The Bertz CT molecular complexity index is 960. The minimum absolute atomic E-state index is 0.128. The molecule has 2 aromatic carbocycles. The molecule has 0 spiro atoms. The monoisotopic (exact) mass is 401 g/mol. The maximum Gasteiger partial charge on any atom is 0.270 e. The van der Waals surface area contributed by atoms with Crippen molar-refractivity contribution < 1.29 is 19.6 Å². The second-order valence-electron chi connectivity index (χ2n) is 5.41. The van der Waals surface area contributed by atoms with Crippen molar-refractivity contribution in [1.29, 1.82) is 0 Å². The van der Waals surface area contributed by atoms with Crippen LogP contribution in [-0.2, 0) is 4.79 Å². The van der Waals surface area contributed by atoms with E-state index in [0.717, 1.165) is 17.8 Å². The highest BCUT2D eigenvalue weighted by Gasteiger charge is 2.33. The molecule has 27 heavy (non-hydrogen) atoms. The summed E-state index contributed by atoms with van der Waals surface area (Å²) in [6.45, 7) is 1.86. The van der Waals surface area contributed by atoms with E-state index in [0.29, 0.717) is 20.5 Å². The zero-order chi connectivity index (χ0) is 19.6. The molecule has 0 bridgehead atoms. The van der Waals surface area contributed by atoms with Crippen LogP contribution in [0.3, 0.4) is 0 Å². The molecule has 1 fully saturated rings. The van der Waals surface area contributed by atoms with Gasteiger partial charge in [-0.15, -0.1) is 0 Å². The SMILES string of the molecule is CCOc1cc(/C=C2/SC(=S)N(c3ccccc3)C2=O)cc([N+](=O)[O-])c1[O-]. The van der Waals surface area contributed by atoms with Crippen molar-refractivity contribution in [3.8, 4) is 11.5 Å². The van der Waals surface area contributed by atoms with Gasteiger partial charge in [0.2, 0.25) is 0 Å². The van der Waals surface area contributed by atoms with Crippen LogP contribution in [-0.4, -0.2) is 21.8 Å². The van der Waals surface area contributed by atoms with E-state index >= 15 is 0 Å². The van der Waals surface area contributed by atoms with Gasteiger partial charge in [0.1, 0.15) is 5.75 Å². The number of nitro benzene ring substituents is 1. The summed E-state index contributed by atoms with van der Waals surface area (Å²) in [6, 6.07) is 11.4. The van der Waals surface area contributed by atoms with Crippen molar-refractivity contribution in [2.24, 2.45) is 0 Å². The average Bonchev–Trinajstić information content (AvgIpc) is 2.91. The summed E-state index contributed by atoms with van der Waals surface area (Å²) in [6.07, 6.45) is 1.47. The first-order valence-electron chi connectivity index (χ1n) is 7.87. The molecule has 0 saturated carbocycles. The van der Waals surface area contributed by atoms with Gasteiger partial charge < -0.3 is 9.84 Å². The average molecular weight is 401 g/mol. The molecule has 1 aliphatic heterocycles. The first-order chi connectivity index (χ1) is 12.9. The maximum atomic E-state index is 12.7. The molecular formula is C18H13N2O5S2-. The van der Waals surface area contributed by atoms with Gasteiger partial charge in [0.25, 0.3) is 11.6 Å². The van der Waals surface area contributed by atoms with E-state index in [1.165, 1.54) is 17.0 Å². The van der Waals surface area contributed by atoms with Crippen molar-refractivity contribution in [3.63, 3.8) is 0 Å². The van der Waals surface area contributed by atoms with E-state index in [4.69, 9.17) is 17.0 Å². The Kier molecular flexibility index (Phi) is 5.43. The summed E-state index contributed by atoms with van der Waals surface area (Å²) in [4.78, 5) is 24.8. The van der Waals surface area contributed by atoms with Gasteiger partial charge in [-0.2, -0.15) is 0 Å². The molecule has 1 aliphatic rings. The number of hydrogen-bond donors (Lipinski definition) is 0. The number of nitrogens with zero attached hydrogens (tertiary/aromatic N) is 2. The highest BCUT2D eigenvalue weighted by atomic mass is 32.2. The molecule has 2 aromatic rings. The third kappa shape index (κ3) is 3.79. The van der Waals surface area contributed by atoms with Crippen LogP contribution in [0.1, 0.15) is 12.5 Å². The van der Waals surface area contributed by atoms with E-state index in [2.05, 4.69) is 0 Å². The Labute approximate surface area is 164 Å². The van der Waals surface area contributed by atoms with Gasteiger partial charge in [0.05, 0.1) is 22.1 Å². The number of thioether (sulfide) groups is 1. The zero-order valence-electron chi connectivity index (χ0n) is 14.1. The Balaban J connectivity index is 2.01. The van der Waals surface area contributed by atoms with Crippen molar-refractivity contribution in [2.45, 2.75) is 6.92 Å². The Morgan fingerprint density at radius 3 is 2.63 bits per heavy atom. The van der Waals surface area contributed by atoms with E-state index in [1.807, 2.05) is 6.07 Å². The van der Waals surface area contributed by atoms with Crippen LogP contribution in [0, 0.1) is 10.1 Å². The lowest BCUT2D eigenvalue weighted by molar-refractivity contribution is -0.398. The van der Waals surface area contributed by atoms with E-state index in [9.17, 15) is 20.0 Å². The van der Waals surface area contributed by atoms with Gasteiger partial charge >= 0.3 is 0 Å². The predicted molar refractivity (Wildman–Crippen MR) is 106 cm³/mol. The number of carbonyl (C=O) groups is 1. The van der Waals surface area contributed by atoms with Crippen LogP contribution < -0.4 is 14.7 Å². The lowest BCUT2D eigenvalue weighted by Gasteiger charge is -2.15. The van der Waals surface area contributed by atoms with Gasteiger partial charge in [-0.05, 0) is 36.8 Å². The molecule has 0 aromatic heterocycles. The smallest absolute Gasteiger partial charge is 0.270 e. The number of anilines is 1. The number of thiocarbonyl (C=S) groups is 1. The molecule has 1 amide bonds. The summed E-state index contributed by atoms with van der Waals surface area (Å²) in [5.74, 6) is -1.25. The van der Waals surface area contributed by atoms with Crippen LogP contribution in [0.2, 0.25) is 0 Å². The third-order valence-electron chi connectivity index (χ3n) is 3.66. The lowest BCUT2D eigenvalue weighted by atomic mass is 10.1. The fourth-order valence-corrected chi connectivity index (χ4v) is 3.81. The number of ether oxygens (including phenoxy) is 1. The number of hydrogen-bond acceptors (Lipinski definition) is 7. The van der Waals surface area contributed by atoms with E-state index < -0.39 is 16.4 Å². The van der Waals surface area contributed by atoms with Crippen LogP contribution in [0.15, 0.2) is 47.4 Å². The Morgan fingerprint density at radius 1 is 1.30 bits per heavy atom. The molecule has 138 valence electrons. The molecule has 0 aliphatic carbocycles. The van der Waals surface area contributed by atoms with Crippen molar-refractivity contribution in [2.75, 3.05) is 11.5 Å². The Hall–Kier alpha value is -2.91. The normalized spacial score (nSPS) is 15.4. The van der Waals surface area contributed by atoms with E-state index in [1.54, 1.807) is 31.2 Å². The molecule has 3 rings (SSSR count). The van der Waals surface area contributed by atoms with Crippen LogP contribution in [0.25, 0.3) is 6.08 Å². The molecule has 0 radical (unpaired) electrons. The lowest BCUT2D eigenvalue weighted by Crippen LogP contribution is -2.27.